The van der Waals surface area contributed by atoms with Crippen molar-refractivity contribution in [2.24, 2.45) is 36.4 Å². The number of aromatic amines is 2. The van der Waals surface area contributed by atoms with Crippen molar-refractivity contribution in [1.29, 1.82) is 0 Å². The van der Waals surface area contributed by atoms with Crippen molar-refractivity contribution < 1.29 is 19.2 Å². The molecule has 0 saturated carbocycles. The van der Waals surface area contributed by atoms with Gasteiger partial charge < -0.3 is 17.2 Å². The summed E-state index contributed by atoms with van der Waals surface area (Å²) >= 11 is 0. The molecule has 30 heavy (non-hydrogen) atoms. The van der Waals surface area contributed by atoms with Gasteiger partial charge in [0.15, 0.2) is 0 Å². The van der Waals surface area contributed by atoms with E-state index in [1.165, 1.54) is 30.5 Å². The van der Waals surface area contributed by atoms with Gasteiger partial charge in [0, 0.05) is 33.3 Å². The molecule has 0 aliphatic carbocycles. The summed E-state index contributed by atoms with van der Waals surface area (Å²) in [6.07, 6.45) is 0.0336. The Morgan fingerprint density at radius 3 is 1.37 bits per heavy atom. The minimum atomic E-state index is -0.627. The number of nitrogens with one attached hydrogen (secondary N) is 2. The van der Waals surface area contributed by atoms with Crippen LogP contribution in [0.4, 0.5) is 0 Å². The number of nitrogens with two attached hydrogens (primary N) is 3. The lowest BCUT2D eigenvalue weighted by atomic mass is 10.3. The largest absolute Gasteiger partial charge is 0.364 e. The molecule has 1 aliphatic rings. The lowest BCUT2D eigenvalue weighted by Crippen LogP contribution is -2.22. The molecule has 0 unspecified atom stereocenters. The fraction of sp³-hybridized carbons (Fsp3) is 0.267. The number of carbonyl (C=O) groups is 4. The van der Waals surface area contributed by atoms with Gasteiger partial charge in [-0.15, -0.1) is 0 Å². The molecule has 0 saturated heterocycles. The Morgan fingerprint density at radius 2 is 1.23 bits per heavy atom. The fourth-order valence-electron chi connectivity index (χ4n) is 1.90. The highest BCUT2D eigenvalue weighted by Gasteiger charge is 2.23. The molecule has 0 bridgehead atoms. The Labute approximate surface area is 168 Å². The second-order valence-corrected chi connectivity index (χ2v) is 5.87. The normalized spacial score (nSPS) is 12.3. The summed E-state index contributed by atoms with van der Waals surface area (Å²) < 4.78 is 2.36. The summed E-state index contributed by atoms with van der Waals surface area (Å²) in [5.74, 6) is -2.08. The molecule has 0 atom stereocenters. The summed E-state index contributed by atoms with van der Waals surface area (Å²) in [5, 5.41) is 9.65. The molecule has 3 heterocycles. The zero-order valence-electron chi connectivity index (χ0n) is 16.3. The van der Waals surface area contributed by atoms with Crippen molar-refractivity contribution >= 4 is 29.3 Å². The molecule has 3 rings (SSSR count). The maximum atomic E-state index is 10.7. The molecular formula is C15H21N9O6. The van der Waals surface area contributed by atoms with Crippen LogP contribution < -0.4 is 28.3 Å². The molecule has 2 aromatic rings. The minimum Gasteiger partial charge on any atom is -0.364 e. The van der Waals surface area contributed by atoms with Crippen molar-refractivity contribution in [2.75, 3.05) is 7.05 Å². The highest BCUT2D eigenvalue weighted by Crippen LogP contribution is 2.03. The van der Waals surface area contributed by atoms with Gasteiger partial charge in [0.05, 0.1) is 6.42 Å². The van der Waals surface area contributed by atoms with Crippen molar-refractivity contribution in [3.63, 3.8) is 0 Å². The summed E-state index contributed by atoms with van der Waals surface area (Å²) in [6.45, 7) is 0. The van der Waals surface area contributed by atoms with E-state index in [0.29, 0.717) is 0 Å². The molecular weight excluding hydrogens is 402 g/mol. The minimum absolute atomic E-state index is 0.0336. The van der Waals surface area contributed by atoms with Gasteiger partial charge in [0.25, 0.3) is 28.8 Å². The topological polar surface area (TPSA) is 238 Å². The number of hydrazone groups is 1. The van der Waals surface area contributed by atoms with Crippen molar-refractivity contribution in [3.05, 3.63) is 44.2 Å². The summed E-state index contributed by atoms with van der Waals surface area (Å²) in [4.78, 5) is 63.2. The van der Waals surface area contributed by atoms with Crippen molar-refractivity contribution in [1.82, 2.24) is 24.6 Å². The lowest BCUT2D eigenvalue weighted by Gasteiger charge is -1.98. The van der Waals surface area contributed by atoms with Crippen LogP contribution in [0.25, 0.3) is 0 Å². The molecule has 1 aliphatic heterocycles. The second kappa shape index (κ2) is 9.67. The van der Waals surface area contributed by atoms with Crippen molar-refractivity contribution in [3.8, 4) is 0 Å². The molecule has 2 aromatic heterocycles. The van der Waals surface area contributed by atoms with E-state index in [1.54, 1.807) is 0 Å². The molecule has 0 fully saturated rings. The lowest BCUT2D eigenvalue weighted by molar-refractivity contribution is -0.127. The second-order valence-electron chi connectivity index (χ2n) is 5.87. The third kappa shape index (κ3) is 6.32. The monoisotopic (exact) mass is 423 g/mol. The molecule has 0 aromatic carbocycles. The van der Waals surface area contributed by atoms with Gasteiger partial charge in [-0.05, 0) is 0 Å². The summed E-state index contributed by atoms with van der Waals surface area (Å²) in [5.41, 5.74) is 14.5. The van der Waals surface area contributed by atoms with Gasteiger partial charge in [0.2, 0.25) is 5.91 Å². The molecule has 15 heteroatoms. The highest BCUT2D eigenvalue weighted by molar-refractivity contribution is 6.42. The average Bonchev–Trinajstić information content (AvgIpc) is 3.28. The number of H-pyrrole nitrogens is 2. The average molecular weight is 423 g/mol. The fourth-order valence-corrected chi connectivity index (χ4v) is 1.90. The number of aromatic nitrogens is 4. The van der Waals surface area contributed by atoms with E-state index in [1.807, 2.05) is 0 Å². The maximum Gasteiger partial charge on any atom is 0.266 e. The van der Waals surface area contributed by atoms with Gasteiger partial charge in [-0.25, -0.2) is 5.01 Å². The quantitative estimate of drug-likeness (QED) is 0.333. The number of primary amides is 3. The summed E-state index contributed by atoms with van der Waals surface area (Å²) in [7, 11) is 4.50. The van der Waals surface area contributed by atoms with E-state index in [4.69, 9.17) is 17.2 Å². The number of nitrogens with zero attached hydrogens (tertiary/aromatic N) is 4. The number of hydrogen-bond acceptors (Lipinski definition) is 7. The molecule has 15 nitrogen and oxygen atoms in total. The molecule has 0 radical (unpaired) electrons. The van der Waals surface area contributed by atoms with E-state index in [0.717, 1.165) is 17.1 Å². The number of carbonyl (C=O) groups excluding carboxylic acids is 4. The first-order valence-electron chi connectivity index (χ1n) is 8.09. The number of rotatable bonds is 3. The van der Waals surface area contributed by atoms with Crippen LogP contribution in [0.3, 0.4) is 0 Å². The molecule has 0 spiro atoms. The Hall–Kier alpha value is -4.43. The van der Waals surface area contributed by atoms with Gasteiger partial charge in [-0.3, -0.25) is 48.3 Å². The third-order valence-electron chi connectivity index (χ3n) is 3.54. The van der Waals surface area contributed by atoms with Crippen LogP contribution in [0.15, 0.2) is 26.8 Å². The van der Waals surface area contributed by atoms with E-state index in [2.05, 4.69) is 15.3 Å². The Morgan fingerprint density at radius 1 is 0.833 bits per heavy atom. The van der Waals surface area contributed by atoms with Crippen LogP contribution in [0.2, 0.25) is 0 Å². The Balaban J connectivity index is 0.000000225. The van der Waals surface area contributed by atoms with Crippen LogP contribution in [0.1, 0.15) is 27.4 Å². The Kier molecular flexibility index (Phi) is 7.61. The molecule has 162 valence electrons. The van der Waals surface area contributed by atoms with Crippen LogP contribution in [-0.2, 0) is 23.7 Å². The van der Waals surface area contributed by atoms with E-state index < -0.39 is 17.7 Å². The zero-order chi connectivity index (χ0) is 23.2. The van der Waals surface area contributed by atoms with Gasteiger partial charge in [0.1, 0.15) is 17.1 Å². The van der Waals surface area contributed by atoms with Crippen LogP contribution >= 0.6 is 0 Å². The van der Waals surface area contributed by atoms with E-state index >= 15 is 0 Å². The number of aryl methyl sites for hydroxylation is 2. The SMILES string of the molecule is CN1N=C(C(N)=O)CC1=O.Cn1[nH]c(C(N)=O)cc1=O.Cn1[nH]c(C(N)=O)cc1=O. The standard InChI is InChI=1S/3C5H7N3O2/c3*1-8-4(9)2-3(7-8)5(6)10/h2H2,1H3,(H2,6,10);2*2,7H,1H3,(H2,6,10). The van der Waals surface area contributed by atoms with E-state index in [-0.39, 0.29) is 40.5 Å². The predicted octanol–water partition coefficient (Wildman–Crippen LogP) is -3.69. The van der Waals surface area contributed by atoms with Gasteiger partial charge in [-0.2, -0.15) is 5.10 Å². The molecule has 8 N–H and O–H groups in total. The van der Waals surface area contributed by atoms with Gasteiger partial charge in [-0.1, -0.05) is 0 Å². The van der Waals surface area contributed by atoms with E-state index in [9.17, 15) is 28.8 Å². The maximum absolute atomic E-state index is 10.7. The first-order valence-corrected chi connectivity index (χ1v) is 8.09. The highest BCUT2D eigenvalue weighted by atomic mass is 16.2. The number of amides is 4. The summed E-state index contributed by atoms with van der Waals surface area (Å²) in [6, 6.07) is 2.31. The van der Waals surface area contributed by atoms with Gasteiger partial charge >= 0.3 is 0 Å². The molecule has 4 amide bonds. The first-order chi connectivity index (χ1) is 13.8. The van der Waals surface area contributed by atoms with Crippen LogP contribution in [0.5, 0.6) is 0 Å². The Bertz CT molecular complexity index is 1050. The van der Waals surface area contributed by atoms with Crippen molar-refractivity contribution in [2.45, 2.75) is 6.42 Å². The first kappa shape index (κ1) is 23.6. The predicted molar refractivity (Wildman–Crippen MR) is 103 cm³/mol. The number of hydrogen-bond donors (Lipinski definition) is 5. The smallest absolute Gasteiger partial charge is 0.266 e. The zero-order valence-corrected chi connectivity index (χ0v) is 16.3. The third-order valence-corrected chi connectivity index (χ3v) is 3.54. The van der Waals surface area contributed by atoms with Crippen LogP contribution in [0, 0.1) is 0 Å². The van der Waals surface area contributed by atoms with Crippen LogP contribution in [-0.4, -0.2) is 61.0 Å².